The molecule has 0 aromatic heterocycles. The Hall–Kier alpha value is -1.06. The molecule has 1 aromatic rings. The molecule has 18 heavy (non-hydrogen) atoms. The molecule has 0 fully saturated rings. The van der Waals surface area contributed by atoms with Crippen molar-refractivity contribution in [2.75, 3.05) is 19.8 Å². The van der Waals surface area contributed by atoms with Gasteiger partial charge in [-0.2, -0.15) is 0 Å². The third-order valence-corrected chi connectivity index (χ3v) is 2.68. The molecule has 0 aliphatic heterocycles. The van der Waals surface area contributed by atoms with Crippen molar-refractivity contribution in [3.05, 3.63) is 29.8 Å². The molecule has 1 N–H and O–H groups in total. The van der Waals surface area contributed by atoms with Crippen molar-refractivity contribution in [2.24, 2.45) is 5.92 Å². The Balaban J connectivity index is 2.21. The zero-order valence-electron chi connectivity index (χ0n) is 11.6. The molecular formula is C15H24O3. The zero-order valence-corrected chi connectivity index (χ0v) is 11.6. The standard InChI is InChI=1S/C15H24O3/c1-12(2)7-8-17-9-10-18-15-6-4-5-14(11-15)13(3)16/h4-6,11-13,16H,7-10H2,1-3H3. The van der Waals surface area contributed by atoms with Crippen molar-refractivity contribution < 1.29 is 14.6 Å². The van der Waals surface area contributed by atoms with Gasteiger partial charge in [-0.1, -0.05) is 26.0 Å². The summed E-state index contributed by atoms with van der Waals surface area (Å²) in [6.07, 6.45) is 0.619. The third-order valence-electron chi connectivity index (χ3n) is 2.68. The summed E-state index contributed by atoms with van der Waals surface area (Å²) < 4.78 is 11.0. The van der Waals surface area contributed by atoms with Crippen molar-refractivity contribution in [1.82, 2.24) is 0 Å². The lowest BCUT2D eigenvalue weighted by atomic mass is 10.1. The van der Waals surface area contributed by atoms with Crippen LogP contribution in [0.1, 0.15) is 38.9 Å². The highest BCUT2D eigenvalue weighted by molar-refractivity contribution is 5.29. The van der Waals surface area contributed by atoms with E-state index in [2.05, 4.69) is 13.8 Å². The molecule has 3 nitrogen and oxygen atoms in total. The second-order valence-corrected chi connectivity index (χ2v) is 4.89. The van der Waals surface area contributed by atoms with Crippen LogP contribution in [0.25, 0.3) is 0 Å². The first-order chi connectivity index (χ1) is 8.59. The van der Waals surface area contributed by atoms with Gasteiger partial charge in [0, 0.05) is 6.61 Å². The Kier molecular flexibility index (Phi) is 6.76. The summed E-state index contributed by atoms with van der Waals surface area (Å²) in [4.78, 5) is 0. The Labute approximate surface area is 110 Å². The quantitative estimate of drug-likeness (QED) is 0.722. The van der Waals surface area contributed by atoms with Crippen molar-refractivity contribution in [2.45, 2.75) is 33.3 Å². The molecule has 0 saturated heterocycles. The number of rotatable bonds is 8. The van der Waals surface area contributed by atoms with Gasteiger partial charge in [0.05, 0.1) is 12.7 Å². The van der Waals surface area contributed by atoms with Crippen LogP contribution in [-0.4, -0.2) is 24.9 Å². The van der Waals surface area contributed by atoms with Gasteiger partial charge < -0.3 is 14.6 Å². The predicted octanol–water partition coefficient (Wildman–Crippen LogP) is 3.18. The van der Waals surface area contributed by atoms with Crippen molar-refractivity contribution in [3.63, 3.8) is 0 Å². The van der Waals surface area contributed by atoms with E-state index in [9.17, 15) is 5.11 Å². The van der Waals surface area contributed by atoms with E-state index in [1.165, 1.54) is 0 Å². The highest BCUT2D eigenvalue weighted by Crippen LogP contribution is 2.18. The predicted molar refractivity (Wildman–Crippen MR) is 72.8 cm³/mol. The molecule has 0 aliphatic rings. The third kappa shape index (κ3) is 6.03. The SMILES string of the molecule is CC(C)CCOCCOc1cccc(C(C)O)c1. The van der Waals surface area contributed by atoms with Crippen LogP contribution in [0.4, 0.5) is 0 Å². The number of hydrogen-bond acceptors (Lipinski definition) is 3. The molecule has 0 amide bonds. The van der Waals surface area contributed by atoms with E-state index in [1.807, 2.05) is 24.3 Å². The lowest BCUT2D eigenvalue weighted by Gasteiger charge is -2.10. The first-order valence-electron chi connectivity index (χ1n) is 6.58. The molecule has 0 radical (unpaired) electrons. The van der Waals surface area contributed by atoms with Crippen molar-refractivity contribution in [3.8, 4) is 5.75 Å². The Morgan fingerprint density at radius 3 is 2.56 bits per heavy atom. The number of aliphatic hydroxyl groups excluding tert-OH is 1. The van der Waals surface area contributed by atoms with E-state index in [4.69, 9.17) is 9.47 Å². The Morgan fingerprint density at radius 1 is 1.11 bits per heavy atom. The molecule has 0 saturated carbocycles. The molecule has 1 atom stereocenters. The molecule has 102 valence electrons. The van der Waals surface area contributed by atoms with Gasteiger partial charge in [-0.3, -0.25) is 0 Å². The Morgan fingerprint density at radius 2 is 1.89 bits per heavy atom. The van der Waals surface area contributed by atoms with Gasteiger partial charge in [0.25, 0.3) is 0 Å². The summed E-state index contributed by atoms with van der Waals surface area (Å²) in [7, 11) is 0. The second kappa shape index (κ2) is 8.11. The van der Waals surface area contributed by atoms with Gasteiger partial charge in [-0.05, 0) is 37.0 Å². The average Bonchev–Trinajstić information content (AvgIpc) is 2.33. The summed E-state index contributed by atoms with van der Waals surface area (Å²) in [6, 6.07) is 7.52. The van der Waals surface area contributed by atoms with E-state index in [0.29, 0.717) is 19.1 Å². The maximum atomic E-state index is 9.46. The first kappa shape index (κ1) is 15.0. The van der Waals surface area contributed by atoms with Gasteiger partial charge >= 0.3 is 0 Å². The van der Waals surface area contributed by atoms with Crippen LogP contribution in [0.15, 0.2) is 24.3 Å². The summed E-state index contributed by atoms with van der Waals surface area (Å²) in [6.45, 7) is 8.04. The number of aliphatic hydroxyl groups is 1. The molecule has 1 aromatic carbocycles. The maximum absolute atomic E-state index is 9.46. The van der Waals surface area contributed by atoms with E-state index in [-0.39, 0.29) is 0 Å². The molecule has 0 aliphatic carbocycles. The maximum Gasteiger partial charge on any atom is 0.119 e. The van der Waals surface area contributed by atoms with Crippen LogP contribution in [-0.2, 0) is 4.74 Å². The van der Waals surface area contributed by atoms with Gasteiger partial charge in [-0.15, -0.1) is 0 Å². The summed E-state index contributed by atoms with van der Waals surface area (Å²) in [5.41, 5.74) is 0.869. The van der Waals surface area contributed by atoms with E-state index < -0.39 is 6.10 Å². The van der Waals surface area contributed by atoms with Crippen LogP contribution in [0, 0.1) is 5.92 Å². The fourth-order valence-electron chi connectivity index (χ4n) is 1.50. The van der Waals surface area contributed by atoms with Crippen LogP contribution in [0.3, 0.4) is 0 Å². The van der Waals surface area contributed by atoms with E-state index in [1.54, 1.807) is 6.92 Å². The topological polar surface area (TPSA) is 38.7 Å². The molecule has 3 heteroatoms. The highest BCUT2D eigenvalue weighted by Gasteiger charge is 2.02. The number of benzene rings is 1. The lowest BCUT2D eigenvalue weighted by Crippen LogP contribution is -2.08. The smallest absolute Gasteiger partial charge is 0.119 e. The largest absolute Gasteiger partial charge is 0.491 e. The molecule has 0 bridgehead atoms. The number of ether oxygens (including phenoxy) is 2. The first-order valence-corrected chi connectivity index (χ1v) is 6.58. The van der Waals surface area contributed by atoms with Crippen LogP contribution in [0.2, 0.25) is 0 Å². The van der Waals surface area contributed by atoms with Crippen molar-refractivity contribution in [1.29, 1.82) is 0 Å². The number of hydrogen-bond donors (Lipinski definition) is 1. The minimum atomic E-state index is -0.462. The van der Waals surface area contributed by atoms with Crippen LogP contribution < -0.4 is 4.74 Å². The van der Waals surface area contributed by atoms with Crippen LogP contribution >= 0.6 is 0 Å². The molecule has 1 unspecified atom stereocenters. The summed E-state index contributed by atoms with van der Waals surface area (Å²) >= 11 is 0. The molecular weight excluding hydrogens is 228 g/mol. The van der Waals surface area contributed by atoms with Gasteiger partial charge in [0.15, 0.2) is 0 Å². The Bertz CT molecular complexity index is 334. The minimum Gasteiger partial charge on any atom is -0.491 e. The average molecular weight is 252 g/mol. The molecule has 0 spiro atoms. The highest BCUT2D eigenvalue weighted by atomic mass is 16.5. The molecule has 1 rings (SSSR count). The summed E-state index contributed by atoms with van der Waals surface area (Å²) in [5, 5.41) is 9.46. The van der Waals surface area contributed by atoms with Gasteiger partial charge in [-0.25, -0.2) is 0 Å². The van der Waals surface area contributed by atoms with E-state index in [0.717, 1.165) is 24.3 Å². The minimum absolute atomic E-state index is 0.462. The second-order valence-electron chi connectivity index (χ2n) is 4.89. The fourth-order valence-corrected chi connectivity index (χ4v) is 1.50. The van der Waals surface area contributed by atoms with Crippen molar-refractivity contribution >= 4 is 0 Å². The summed E-state index contributed by atoms with van der Waals surface area (Å²) in [5.74, 6) is 1.45. The van der Waals surface area contributed by atoms with Gasteiger partial charge in [0.1, 0.15) is 12.4 Å². The van der Waals surface area contributed by atoms with Crippen LogP contribution in [0.5, 0.6) is 5.75 Å². The molecule has 0 heterocycles. The van der Waals surface area contributed by atoms with E-state index >= 15 is 0 Å². The monoisotopic (exact) mass is 252 g/mol. The normalized spacial score (nSPS) is 12.7. The zero-order chi connectivity index (χ0) is 13.4. The van der Waals surface area contributed by atoms with Gasteiger partial charge in [0.2, 0.25) is 0 Å². The lowest BCUT2D eigenvalue weighted by molar-refractivity contribution is 0.0924. The fraction of sp³-hybridized carbons (Fsp3) is 0.600.